The first-order chi connectivity index (χ1) is 8.91. The van der Waals surface area contributed by atoms with Crippen LogP contribution in [0.25, 0.3) is 0 Å². The van der Waals surface area contributed by atoms with Crippen molar-refractivity contribution in [3.05, 3.63) is 17.0 Å². The summed E-state index contributed by atoms with van der Waals surface area (Å²) in [6, 6.07) is 0. The van der Waals surface area contributed by atoms with E-state index >= 15 is 0 Å². The number of amides is 1. The largest absolute Gasteiger partial charge is 0.481 e. The number of nitrogens with zero attached hydrogens (tertiary/aromatic N) is 2. The summed E-state index contributed by atoms with van der Waals surface area (Å²) in [6.07, 6.45) is 1.74. The fraction of sp³-hybridized carbons (Fsp3) is 0.615. The number of carbonyl (C=O) groups excluding carboxylic acids is 1. The zero-order valence-electron chi connectivity index (χ0n) is 11.7. The van der Waals surface area contributed by atoms with Crippen LogP contribution in [0.5, 0.6) is 0 Å². The second kappa shape index (κ2) is 6.92. The zero-order valence-corrected chi connectivity index (χ0v) is 11.7. The Kier molecular flexibility index (Phi) is 5.54. The van der Waals surface area contributed by atoms with Crippen molar-refractivity contribution in [1.29, 1.82) is 0 Å². The molecule has 0 atom stereocenters. The molecular formula is C13H21N3O3. The van der Waals surface area contributed by atoms with Crippen molar-refractivity contribution in [2.24, 2.45) is 7.05 Å². The summed E-state index contributed by atoms with van der Waals surface area (Å²) in [6.45, 7) is 4.35. The van der Waals surface area contributed by atoms with Crippen LogP contribution in [-0.4, -0.2) is 33.3 Å². The van der Waals surface area contributed by atoms with E-state index in [4.69, 9.17) is 5.11 Å². The number of aromatic nitrogens is 2. The average Bonchev–Trinajstić information content (AvgIpc) is 2.55. The number of carbonyl (C=O) groups is 2. The number of hydrogen-bond acceptors (Lipinski definition) is 3. The van der Waals surface area contributed by atoms with Crippen LogP contribution < -0.4 is 5.32 Å². The van der Waals surface area contributed by atoms with Gasteiger partial charge in [0.25, 0.3) is 0 Å². The Hall–Kier alpha value is -1.85. The molecule has 106 valence electrons. The Morgan fingerprint density at radius 3 is 2.53 bits per heavy atom. The van der Waals surface area contributed by atoms with Crippen molar-refractivity contribution in [2.45, 2.75) is 39.5 Å². The van der Waals surface area contributed by atoms with Gasteiger partial charge in [0.2, 0.25) is 5.91 Å². The van der Waals surface area contributed by atoms with Gasteiger partial charge in [-0.3, -0.25) is 14.3 Å². The molecule has 1 heterocycles. The third-order valence-corrected chi connectivity index (χ3v) is 3.14. The molecule has 1 amide bonds. The summed E-state index contributed by atoms with van der Waals surface area (Å²) >= 11 is 0. The summed E-state index contributed by atoms with van der Waals surface area (Å²) < 4.78 is 1.77. The van der Waals surface area contributed by atoms with Gasteiger partial charge in [-0.25, -0.2) is 0 Å². The van der Waals surface area contributed by atoms with Crippen molar-refractivity contribution in [3.8, 4) is 0 Å². The van der Waals surface area contributed by atoms with Gasteiger partial charge in [0.1, 0.15) is 0 Å². The van der Waals surface area contributed by atoms with Gasteiger partial charge in [-0.2, -0.15) is 5.10 Å². The zero-order chi connectivity index (χ0) is 14.4. The molecule has 0 saturated carbocycles. The summed E-state index contributed by atoms with van der Waals surface area (Å²) in [7, 11) is 1.86. The summed E-state index contributed by atoms with van der Waals surface area (Å²) in [5.41, 5.74) is 2.84. The topological polar surface area (TPSA) is 84.2 Å². The maximum absolute atomic E-state index is 11.8. The molecule has 2 N–H and O–H groups in total. The quantitative estimate of drug-likeness (QED) is 0.720. The molecule has 0 aromatic carbocycles. The second-order valence-corrected chi connectivity index (χ2v) is 4.65. The Labute approximate surface area is 112 Å². The monoisotopic (exact) mass is 267 g/mol. The van der Waals surface area contributed by atoms with Crippen LogP contribution in [0.2, 0.25) is 0 Å². The maximum Gasteiger partial charge on any atom is 0.303 e. The third kappa shape index (κ3) is 4.73. The van der Waals surface area contributed by atoms with E-state index < -0.39 is 5.97 Å². The molecule has 1 rings (SSSR count). The Morgan fingerprint density at radius 1 is 1.32 bits per heavy atom. The van der Waals surface area contributed by atoms with Crippen LogP contribution in [-0.2, 0) is 23.1 Å². The van der Waals surface area contributed by atoms with Gasteiger partial charge in [0.15, 0.2) is 0 Å². The normalized spacial score (nSPS) is 10.5. The highest BCUT2D eigenvalue weighted by molar-refractivity contribution is 5.79. The molecule has 0 spiro atoms. The molecule has 0 aliphatic rings. The molecule has 1 aromatic heterocycles. The molecule has 6 heteroatoms. The first kappa shape index (κ1) is 15.2. The van der Waals surface area contributed by atoms with Crippen LogP contribution in [0.15, 0.2) is 0 Å². The lowest BCUT2D eigenvalue weighted by molar-refractivity contribution is -0.137. The summed E-state index contributed by atoms with van der Waals surface area (Å²) in [5.74, 6) is -0.845. The Morgan fingerprint density at radius 2 is 2.00 bits per heavy atom. The minimum Gasteiger partial charge on any atom is -0.481 e. The molecule has 0 bridgehead atoms. The highest BCUT2D eigenvalue weighted by Gasteiger charge is 2.12. The molecular weight excluding hydrogens is 246 g/mol. The van der Waals surface area contributed by atoms with Crippen molar-refractivity contribution in [3.63, 3.8) is 0 Å². The van der Waals surface area contributed by atoms with Crippen LogP contribution in [0.3, 0.4) is 0 Å². The van der Waals surface area contributed by atoms with Crippen molar-refractivity contribution < 1.29 is 14.7 Å². The van der Waals surface area contributed by atoms with E-state index in [-0.39, 0.29) is 12.3 Å². The number of unbranched alkanes of at least 4 members (excludes halogenated alkanes) is 1. The Balaban J connectivity index is 2.33. The Bertz CT molecular complexity index is 466. The van der Waals surface area contributed by atoms with Gasteiger partial charge < -0.3 is 10.4 Å². The van der Waals surface area contributed by atoms with Crippen LogP contribution >= 0.6 is 0 Å². The van der Waals surface area contributed by atoms with E-state index in [2.05, 4.69) is 10.4 Å². The smallest absolute Gasteiger partial charge is 0.303 e. The third-order valence-electron chi connectivity index (χ3n) is 3.14. The fourth-order valence-corrected chi connectivity index (χ4v) is 1.93. The average molecular weight is 267 g/mol. The molecule has 0 unspecified atom stereocenters. The van der Waals surface area contributed by atoms with Crippen molar-refractivity contribution >= 4 is 11.9 Å². The van der Waals surface area contributed by atoms with Gasteiger partial charge >= 0.3 is 5.97 Å². The minimum absolute atomic E-state index is 0.0467. The van der Waals surface area contributed by atoms with Crippen LogP contribution in [0.4, 0.5) is 0 Å². The molecule has 0 aliphatic carbocycles. The first-order valence-corrected chi connectivity index (χ1v) is 6.39. The van der Waals surface area contributed by atoms with Gasteiger partial charge in [-0.05, 0) is 26.7 Å². The van der Waals surface area contributed by atoms with Gasteiger partial charge in [-0.1, -0.05) is 0 Å². The lowest BCUT2D eigenvalue weighted by Crippen LogP contribution is -2.26. The maximum atomic E-state index is 11.8. The fourth-order valence-electron chi connectivity index (χ4n) is 1.93. The van der Waals surface area contributed by atoms with Crippen LogP contribution in [0.1, 0.15) is 36.2 Å². The predicted octanol–water partition coefficient (Wildman–Crippen LogP) is 0.951. The minimum atomic E-state index is -0.798. The molecule has 6 nitrogen and oxygen atoms in total. The number of hydrogen-bond donors (Lipinski definition) is 2. The van der Waals surface area contributed by atoms with Gasteiger partial charge in [0, 0.05) is 31.3 Å². The number of aliphatic carboxylic acids is 1. The number of aryl methyl sites for hydroxylation is 2. The highest BCUT2D eigenvalue weighted by Crippen LogP contribution is 2.12. The van der Waals surface area contributed by atoms with E-state index in [0.717, 1.165) is 17.0 Å². The molecule has 0 radical (unpaired) electrons. The lowest BCUT2D eigenvalue weighted by atomic mass is 10.1. The SMILES string of the molecule is Cc1nn(C)c(C)c1CC(=O)NCCCCC(=O)O. The van der Waals surface area contributed by atoms with Crippen LogP contribution in [0, 0.1) is 13.8 Å². The highest BCUT2D eigenvalue weighted by atomic mass is 16.4. The summed E-state index contributed by atoms with van der Waals surface area (Å²) in [4.78, 5) is 22.1. The van der Waals surface area contributed by atoms with Gasteiger partial charge in [-0.15, -0.1) is 0 Å². The number of nitrogens with one attached hydrogen (secondary N) is 1. The molecule has 19 heavy (non-hydrogen) atoms. The second-order valence-electron chi connectivity index (χ2n) is 4.65. The number of carboxylic acids is 1. The van der Waals surface area contributed by atoms with E-state index in [1.165, 1.54) is 0 Å². The number of rotatable bonds is 7. The van der Waals surface area contributed by atoms with Crippen molar-refractivity contribution in [1.82, 2.24) is 15.1 Å². The van der Waals surface area contributed by atoms with E-state index in [0.29, 0.717) is 25.8 Å². The standard InChI is InChI=1S/C13H21N3O3/c1-9-11(10(2)16(3)15-9)8-12(17)14-7-5-4-6-13(18)19/h4-8H2,1-3H3,(H,14,17)(H,18,19). The van der Waals surface area contributed by atoms with Crippen molar-refractivity contribution in [2.75, 3.05) is 6.54 Å². The lowest BCUT2D eigenvalue weighted by Gasteiger charge is -2.05. The van der Waals surface area contributed by atoms with E-state index in [1.807, 2.05) is 20.9 Å². The number of carboxylic acid groups (broad SMARTS) is 1. The molecule has 0 saturated heterocycles. The molecule has 0 aliphatic heterocycles. The molecule has 0 fully saturated rings. The van der Waals surface area contributed by atoms with Gasteiger partial charge in [0.05, 0.1) is 12.1 Å². The molecule has 1 aromatic rings. The summed E-state index contributed by atoms with van der Waals surface area (Å²) in [5, 5.41) is 15.5. The van der Waals surface area contributed by atoms with E-state index in [1.54, 1.807) is 4.68 Å². The van der Waals surface area contributed by atoms with E-state index in [9.17, 15) is 9.59 Å². The first-order valence-electron chi connectivity index (χ1n) is 6.39. The predicted molar refractivity (Wildman–Crippen MR) is 70.9 cm³/mol.